The third kappa shape index (κ3) is 5.23. The Balaban J connectivity index is 1.58. The van der Waals surface area contributed by atoms with Gasteiger partial charge in [0.05, 0.1) is 6.54 Å². The highest BCUT2D eigenvalue weighted by Crippen LogP contribution is 2.17. The van der Waals surface area contributed by atoms with Gasteiger partial charge in [0.1, 0.15) is 5.37 Å². The monoisotopic (exact) mass is 386 g/mol. The Morgan fingerprint density at radius 1 is 1.04 bits per heavy atom. The second-order valence-electron chi connectivity index (χ2n) is 6.59. The van der Waals surface area contributed by atoms with Crippen molar-refractivity contribution in [3.8, 4) is 0 Å². The summed E-state index contributed by atoms with van der Waals surface area (Å²) in [5, 5.41) is 8.90. The molecule has 0 radical (unpaired) electrons. The fraction of sp³-hybridized carbons (Fsp3) is 0.350. The fourth-order valence-corrected chi connectivity index (χ4v) is 3.67. The van der Waals surface area contributed by atoms with E-state index in [-0.39, 0.29) is 5.75 Å². The summed E-state index contributed by atoms with van der Waals surface area (Å²) >= 11 is 0. The summed E-state index contributed by atoms with van der Waals surface area (Å²) in [6.07, 6.45) is 0.822. The van der Waals surface area contributed by atoms with E-state index in [1.807, 2.05) is 36.4 Å². The zero-order valence-corrected chi connectivity index (χ0v) is 16.5. The Morgan fingerprint density at radius 2 is 1.63 bits per heavy atom. The number of hydrogen-bond acceptors (Lipinski definition) is 6. The molecule has 0 aliphatic carbocycles. The van der Waals surface area contributed by atoms with Crippen LogP contribution in [-0.4, -0.2) is 38.6 Å². The van der Waals surface area contributed by atoms with Gasteiger partial charge in [0.15, 0.2) is 15.8 Å². The van der Waals surface area contributed by atoms with E-state index in [4.69, 9.17) is 0 Å². The van der Waals surface area contributed by atoms with Crippen LogP contribution in [0, 0.1) is 0 Å². The van der Waals surface area contributed by atoms with E-state index < -0.39 is 15.2 Å². The summed E-state index contributed by atoms with van der Waals surface area (Å²) < 4.78 is 23.7. The minimum absolute atomic E-state index is 0.132. The number of aliphatic imine (C=N–C) groups is 1. The Kier molecular flexibility index (Phi) is 6.01. The van der Waals surface area contributed by atoms with Crippen molar-refractivity contribution in [3.63, 3.8) is 0 Å². The lowest BCUT2D eigenvalue weighted by molar-refractivity contribution is 0.589. The quantitative estimate of drug-likeness (QED) is 0.682. The van der Waals surface area contributed by atoms with Gasteiger partial charge < -0.3 is 16.0 Å². The van der Waals surface area contributed by atoms with Crippen LogP contribution in [0.3, 0.4) is 0 Å². The van der Waals surface area contributed by atoms with Gasteiger partial charge in [-0.3, -0.25) is 4.99 Å². The lowest BCUT2D eigenvalue weighted by Gasteiger charge is -2.15. The summed E-state index contributed by atoms with van der Waals surface area (Å²) in [5.41, 5.74) is 4.21. The molecule has 144 valence electrons. The molecule has 1 unspecified atom stereocenters. The number of nitrogens with one attached hydrogen (secondary N) is 3. The molecule has 1 aliphatic rings. The largest absolute Gasteiger partial charge is 0.369 e. The van der Waals surface area contributed by atoms with Gasteiger partial charge in [-0.15, -0.1) is 0 Å². The van der Waals surface area contributed by atoms with Gasteiger partial charge in [-0.05, 0) is 48.7 Å². The van der Waals surface area contributed by atoms with Crippen LogP contribution in [0.1, 0.15) is 25.0 Å². The van der Waals surface area contributed by atoms with Crippen LogP contribution in [0.4, 0.5) is 11.4 Å². The standard InChI is InChI=1S/C20H26N4O2S/c1-3-27(25,26)15(2)23-18-8-4-16(5-9-18)14-17-6-10-19(11-7-17)24-20-21-12-13-22-20/h4-11,15,23H,3,12-14H2,1-2H3,(H2,21,22,24). The fourth-order valence-electron chi connectivity index (χ4n) is 2.85. The van der Waals surface area contributed by atoms with Crippen LogP contribution >= 0.6 is 0 Å². The lowest BCUT2D eigenvalue weighted by atomic mass is 10.0. The van der Waals surface area contributed by atoms with Gasteiger partial charge in [-0.2, -0.15) is 0 Å². The Labute approximate surface area is 161 Å². The minimum Gasteiger partial charge on any atom is -0.369 e. The molecule has 0 amide bonds. The predicted molar refractivity (Wildman–Crippen MR) is 112 cm³/mol. The van der Waals surface area contributed by atoms with Crippen LogP contribution in [0.25, 0.3) is 0 Å². The molecule has 0 bridgehead atoms. The molecular formula is C20H26N4O2S. The summed E-state index contributed by atoms with van der Waals surface area (Å²) in [5.74, 6) is 0.957. The third-order valence-electron chi connectivity index (χ3n) is 4.56. The number of sulfone groups is 1. The maximum absolute atomic E-state index is 11.9. The highest BCUT2D eigenvalue weighted by Gasteiger charge is 2.17. The zero-order chi connectivity index (χ0) is 19.3. The summed E-state index contributed by atoms with van der Waals surface area (Å²) in [6, 6.07) is 16.2. The molecule has 0 spiro atoms. The van der Waals surface area contributed by atoms with Crippen molar-refractivity contribution >= 4 is 27.2 Å². The van der Waals surface area contributed by atoms with Crippen LogP contribution in [0.2, 0.25) is 0 Å². The van der Waals surface area contributed by atoms with Crippen molar-refractivity contribution < 1.29 is 8.42 Å². The smallest absolute Gasteiger partial charge is 0.195 e. The van der Waals surface area contributed by atoms with Crippen molar-refractivity contribution in [2.45, 2.75) is 25.6 Å². The average molecular weight is 387 g/mol. The number of hydrogen-bond donors (Lipinski definition) is 3. The zero-order valence-electron chi connectivity index (χ0n) is 15.7. The van der Waals surface area contributed by atoms with Crippen molar-refractivity contribution in [3.05, 3.63) is 59.7 Å². The second kappa shape index (κ2) is 8.43. The first-order valence-corrected chi connectivity index (χ1v) is 10.9. The molecule has 27 heavy (non-hydrogen) atoms. The van der Waals surface area contributed by atoms with Crippen molar-refractivity contribution in [2.24, 2.45) is 4.99 Å². The highest BCUT2D eigenvalue weighted by atomic mass is 32.2. The molecule has 0 aromatic heterocycles. The number of nitrogens with zero attached hydrogens (tertiary/aromatic N) is 1. The summed E-state index contributed by atoms with van der Waals surface area (Å²) in [7, 11) is -3.10. The van der Waals surface area contributed by atoms with Gasteiger partial charge >= 0.3 is 0 Å². The minimum atomic E-state index is -3.10. The number of rotatable bonds is 7. The molecular weight excluding hydrogens is 360 g/mol. The topological polar surface area (TPSA) is 82.6 Å². The second-order valence-corrected chi connectivity index (χ2v) is 9.20. The first-order valence-electron chi connectivity index (χ1n) is 9.17. The molecule has 7 heteroatoms. The summed E-state index contributed by atoms with van der Waals surface area (Å²) in [4.78, 5) is 4.32. The van der Waals surface area contributed by atoms with Crippen LogP contribution < -0.4 is 16.0 Å². The lowest BCUT2D eigenvalue weighted by Crippen LogP contribution is -2.27. The van der Waals surface area contributed by atoms with Gasteiger partial charge in [0.2, 0.25) is 0 Å². The van der Waals surface area contributed by atoms with Crippen molar-refractivity contribution in [2.75, 3.05) is 29.5 Å². The molecule has 0 saturated carbocycles. The molecule has 2 aromatic rings. The van der Waals surface area contributed by atoms with Gasteiger partial charge in [-0.25, -0.2) is 8.42 Å². The predicted octanol–water partition coefficient (Wildman–Crippen LogP) is 2.84. The first kappa shape index (κ1) is 19.2. The maximum atomic E-state index is 11.9. The SMILES string of the molecule is CCS(=O)(=O)C(C)Nc1ccc(Cc2ccc(NC3=NCCN3)cc2)cc1. The molecule has 6 nitrogen and oxygen atoms in total. The molecule has 1 atom stereocenters. The molecule has 1 aliphatic heterocycles. The van der Waals surface area contributed by atoms with E-state index in [0.29, 0.717) is 0 Å². The van der Waals surface area contributed by atoms with E-state index in [1.54, 1.807) is 13.8 Å². The van der Waals surface area contributed by atoms with E-state index >= 15 is 0 Å². The molecule has 3 N–H and O–H groups in total. The van der Waals surface area contributed by atoms with Crippen LogP contribution in [0.5, 0.6) is 0 Å². The molecule has 3 rings (SSSR count). The van der Waals surface area contributed by atoms with E-state index in [2.05, 4.69) is 33.1 Å². The molecule has 1 heterocycles. The van der Waals surface area contributed by atoms with Crippen molar-refractivity contribution in [1.29, 1.82) is 0 Å². The molecule has 0 saturated heterocycles. The highest BCUT2D eigenvalue weighted by molar-refractivity contribution is 7.92. The van der Waals surface area contributed by atoms with Gasteiger partial charge in [-0.1, -0.05) is 31.2 Å². The Bertz CT molecular complexity index is 891. The Hall–Kier alpha value is -2.54. The normalized spacial score (nSPS) is 15.0. The van der Waals surface area contributed by atoms with Gasteiger partial charge in [0, 0.05) is 23.7 Å². The van der Waals surface area contributed by atoms with E-state index in [0.717, 1.165) is 36.8 Å². The average Bonchev–Trinajstić information content (AvgIpc) is 3.18. The number of anilines is 2. The maximum Gasteiger partial charge on any atom is 0.195 e. The van der Waals surface area contributed by atoms with E-state index in [1.165, 1.54) is 11.1 Å². The number of benzene rings is 2. The van der Waals surface area contributed by atoms with Gasteiger partial charge in [0.25, 0.3) is 0 Å². The Morgan fingerprint density at radius 3 is 2.15 bits per heavy atom. The van der Waals surface area contributed by atoms with E-state index in [9.17, 15) is 8.42 Å². The van der Waals surface area contributed by atoms with Crippen LogP contribution in [0.15, 0.2) is 53.5 Å². The first-order chi connectivity index (χ1) is 13.0. The number of guanidine groups is 1. The van der Waals surface area contributed by atoms with Crippen LogP contribution in [-0.2, 0) is 16.3 Å². The molecule has 0 fully saturated rings. The third-order valence-corrected chi connectivity index (χ3v) is 6.56. The van der Waals surface area contributed by atoms with Crippen molar-refractivity contribution in [1.82, 2.24) is 5.32 Å². The molecule has 2 aromatic carbocycles. The summed E-state index contributed by atoms with van der Waals surface area (Å²) in [6.45, 7) is 5.03.